The molecule has 2 aromatic rings. The fraction of sp³-hybridized carbons (Fsp3) is 0.0625. The average Bonchev–Trinajstić information content (AvgIpc) is 3.02. The van der Waals surface area contributed by atoms with Crippen molar-refractivity contribution in [1.82, 2.24) is 5.32 Å². The lowest BCUT2D eigenvalue weighted by molar-refractivity contribution is -0.116. The minimum Gasteiger partial charge on any atom is -0.379 e. The number of amidine groups is 1. The smallest absolute Gasteiger partial charge is 0.339 e. The summed E-state index contributed by atoms with van der Waals surface area (Å²) in [5, 5.41) is 10.8. The Morgan fingerprint density at radius 2 is 1.80 bits per heavy atom. The zero-order chi connectivity index (χ0) is 17.7. The third-order valence-electron chi connectivity index (χ3n) is 3.06. The maximum Gasteiger partial charge on any atom is 0.339 e. The monoisotopic (exact) mass is 375 g/mol. The molecule has 0 aliphatic carbocycles. The number of nitrogens with one attached hydrogen (secondary N) is 1. The van der Waals surface area contributed by atoms with Crippen LogP contribution in [0.4, 0.5) is 0 Å². The van der Waals surface area contributed by atoms with E-state index in [0.29, 0.717) is 16.5 Å². The lowest BCUT2D eigenvalue weighted by atomic mass is 10.2. The standard InChI is InChI=1S/C16H13N3O4S2/c20-15-11-24-16(18-15)19-17-10-12-6-8-13(9-7-12)23-25(21,22)14-4-2-1-3-5-14/h1-10H,11H2,(H,18,19,20). The first-order valence-electron chi connectivity index (χ1n) is 7.16. The minimum atomic E-state index is -3.86. The molecule has 128 valence electrons. The van der Waals surface area contributed by atoms with Crippen molar-refractivity contribution in [2.45, 2.75) is 4.90 Å². The topological polar surface area (TPSA) is 97.2 Å². The highest BCUT2D eigenvalue weighted by atomic mass is 32.2. The van der Waals surface area contributed by atoms with Crippen LogP contribution in [0.3, 0.4) is 0 Å². The third-order valence-corrected chi connectivity index (χ3v) is 5.18. The number of thioether (sulfide) groups is 1. The first kappa shape index (κ1) is 17.2. The summed E-state index contributed by atoms with van der Waals surface area (Å²) in [7, 11) is -3.86. The van der Waals surface area contributed by atoms with Crippen molar-refractivity contribution in [3.05, 3.63) is 60.2 Å². The van der Waals surface area contributed by atoms with Crippen molar-refractivity contribution in [2.24, 2.45) is 10.2 Å². The SMILES string of the molecule is O=C1CSC(=NN=Cc2ccc(OS(=O)(=O)c3ccccc3)cc2)N1. The van der Waals surface area contributed by atoms with Crippen molar-refractivity contribution >= 4 is 39.2 Å². The molecule has 25 heavy (non-hydrogen) atoms. The van der Waals surface area contributed by atoms with E-state index in [2.05, 4.69) is 15.5 Å². The van der Waals surface area contributed by atoms with E-state index < -0.39 is 10.1 Å². The highest BCUT2D eigenvalue weighted by Gasteiger charge is 2.16. The number of benzene rings is 2. The van der Waals surface area contributed by atoms with Crippen LogP contribution in [0.15, 0.2) is 69.7 Å². The molecule has 7 nitrogen and oxygen atoms in total. The maximum atomic E-state index is 12.1. The van der Waals surface area contributed by atoms with Crippen LogP contribution in [0, 0.1) is 0 Å². The Labute approximate surface area is 148 Å². The van der Waals surface area contributed by atoms with Crippen LogP contribution in [-0.4, -0.2) is 31.5 Å². The Bertz CT molecular complexity index is 924. The zero-order valence-corrected chi connectivity index (χ0v) is 14.5. The van der Waals surface area contributed by atoms with Crippen molar-refractivity contribution < 1.29 is 17.4 Å². The molecule has 0 atom stereocenters. The second-order valence-electron chi connectivity index (χ2n) is 4.91. The van der Waals surface area contributed by atoms with Crippen LogP contribution in [0.25, 0.3) is 0 Å². The molecule has 1 aliphatic rings. The number of nitrogens with zero attached hydrogens (tertiary/aromatic N) is 2. The van der Waals surface area contributed by atoms with E-state index in [0.717, 1.165) is 0 Å². The van der Waals surface area contributed by atoms with E-state index >= 15 is 0 Å². The molecule has 0 aromatic heterocycles. The van der Waals surface area contributed by atoms with E-state index in [1.165, 1.54) is 42.2 Å². The number of hydrogen-bond donors (Lipinski definition) is 1. The Balaban J connectivity index is 1.65. The first-order chi connectivity index (χ1) is 12.0. The van der Waals surface area contributed by atoms with Gasteiger partial charge in [0, 0.05) is 0 Å². The number of carbonyl (C=O) groups is 1. The lowest BCUT2D eigenvalue weighted by Crippen LogP contribution is -2.19. The Morgan fingerprint density at radius 3 is 2.44 bits per heavy atom. The normalized spacial score (nSPS) is 16.3. The predicted octanol–water partition coefficient (Wildman–Crippen LogP) is 2.01. The van der Waals surface area contributed by atoms with Crippen LogP contribution in [0.2, 0.25) is 0 Å². The molecule has 3 rings (SSSR count). The van der Waals surface area contributed by atoms with Gasteiger partial charge in [0.05, 0.1) is 12.0 Å². The van der Waals surface area contributed by atoms with Crippen LogP contribution in [0.1, 0.15) is 5.56 Å². The van der Waals surface area contributed by atoms with Crippen molar-refractivity contribution in [2.75, 3.05) is 5.75 Å². The second kappa shape index (κ2) is 7.49. The molecular formula is C16H13N3O4S2. The molecule has 0 radical (unpaired) electrons. The Kier molecular flexibility index (Phi) is 5.15. The minimum absolute atomic E-state index is 0.0903. The number of amides is 1. The molecule has 1 aliphatic heterocycles. The van der Waals surface area contributed by atoms with Crippen LogP contribution < -0.4 is 9.50 Å². The predicted molar refractivity (Wildman–Crippen MR) is 96.3 cm³/mol. The van der Waals surface area contributed by atoms with Gasteiger partial charge in [0.25, 0.3) is 0 Å². The summed E-state index contributed by atoms with van der Waals surface area (Å²) in [5.74, 6) is 0.446. The van der Waals surface area contributed by atoms with Gasteiger partial charge in [-0.15, -0.1) is 5.10 Å². The number of hydrogen-bond acceptors (Lipinski definition) is 7. The largest absolute Gasteiger partial charge is 0.379 e. The van der Waals surface area contributed by atoms with Gasteiger partial charge in [0.2, 0.25) is 5.91 Å². The van der Waals surface area contributed by atoms with E-state index in [-0.39, 0.29) is 16.6 Å². The van der Waals surface area contributed by atoms with E-state index in [1.807, 2.05) is 0 Å². The summed E-state index contributed by atoms with van der Waals surface area (Å²) in [6.07, 6.45) is 1.49. The van der Waals surface area contributed by atoms with Gasteiger partial charge >= 0.3 is 10.1 Å². The average molecular weight is 375 g/mol. The van der Waals surface area contributed by atoms with E-state index in [9.17, 15) is 13.2 Å². The molecule has 0 bridgehead atoms. The maximum absolute atomic E-state index is 12.1. The highest BCUT2D eigenvalue weighted by Crippen LogP contribution is 2.18. The first-order valence-corrected chi connectivity index (χ1v) is 9.56. The molecule has 1 fully saturated rings. The summed E-state index contributed by atoms with van der Waals surface area (Å²) < 4.78 is 29.3. The van der Waals surface area contributed by atoms with Gasteiger partial charge in [-0.2, -0.15) is 13.5 Å². The molecule has 1 amide bonds. The quantitative estimate of drug-likeness (QED) is 0.490. The molecule has 2 aromatic carbocycles. The zero-order valence-electron chi connectivity index (χ0n) is 12.8. The lowest BCUT2D eigenvalue weighted by Gasteiger charge is -2.06. The summed E-state index contributed by atoms with van der Waals surface area (Å²) in [4.78, 5) is 11.1. The highest BCUT2D eigenvalue weighted by molar-refractivity contribution is 8.15. The molecule has 1 heterocycles. The van der Waals surface area contributed by atoms with E-state index in [4.69, 9.17) is 4.18 Å². The Morgan fingerprint density at radius 1 is 1.08 bits per heavy atom. The molecular weight excluding hydrogens is 362 g/mol. The summed E-state index contributed by atoms with van der Waals surface area (Å²) in [6.45, 7) is 0. The van der Waals surface area contributed by atoms with Crippen LogP contribution >= 0.6 is 11.8 Å². The van der Waals surface area contributed by atoms with Gasteiger partial charge in [-0.25, -0.2) is 0 Å². The van der Waals surface area contributed by atoms with Gasteiger partial charge in [-0.1, -0.05) is 30.0 Å². The van der Waals surface area contributed by atoms with Crippen molar-refractivity contribution in [3.8, 4) is 5.75 Å². The van der Waals surface area contributed by atoms with Crippen LogP contribution in [-0.2, 0) is 14.9 Å². The molecule has 1 N–H and O–H groups in total. The van der Waals surface area contributed by atoms with E-state index in [1.54, 1.807) is 30.3 Å². The molecule has 0 unspecified atom stereocenters. The molecule has 1 saturated heterocycles. The van der Waals surface area contributed by atoms with Gasteiger partial charge < -0.3 is 9.50 Å². The fourth-order valence-electron chi connectivity index (χ4n) is 1.90. The second-order valence-corrected chi connectivity index (χ2v) is 7.42. The Hall–Kier alpha value is -2.65. The summed E-state index contributed by atoms with van der Waals surface area (Å²) in [5.41, 5.74) is 0.711. The van der Waals surface area contributed by atoms with Gasteiger partial charge in [-0.05, 0) is 42.0 Å². The fourth-order valence-corrected chi connectivity index (χ4v) is 3.48. The van der Waals surface area contributed by atoms with Gasteiger partial charge in [0.15, 0.2) is 5.17 Å². The number of rotatable bonds is 5. The summed E-state index contributed by atoms with van der Waals surface area (Å²) >= 11 is 1.28. The van der Waals surface area contributed by atoms with Gasteiger partial charge in [-0.3, -0.25) is 4.79 Å². The number of carbonyl (C=O) groups excluding carboxylic acids is 1. The molecule has 0 spiro atoms. The molecule has 9 heteroatoms. The van der Waals surface area contributed by atoms with Crippen LogP contribution in [0.5, 0.6) is 5.75 Å². The third kappa shape index (κ3) is 4.68. The van der Waals surface area contributed by atoms with Crippen molar-refractivity contribution in [3.63, 3.8) is 0 Å². The summed E-state index contributed by atoms with van der Waals surface area (Å²) in [6, 6.07) is 14.3. The van der Waals surface area contributed by atoms with Gasteiger partial charge in [0.1, 0.15) is 10.6 Å². The molecule has 0 saturated carbocycles. The van der Waals surface area contributed by atoms with Crippen molar-refractivity contribution in [1.29, 1.82) is 0 Å².